The van der Waals surface area contributed by atoms with Crippen molar-refractivity contribution >= 4 is 12.6 Å². The number of rotatable bonds is 40. The summed E-state index contributed by atoms with van der Waals surface area (Å²) in [5, 5.41) is 0. The quantitative estimate of drug-likeness (QED) is 0.0266. The Hall–Kier alpha value is -5.82. The minimum absolute atomic E-state index is 0.474. The summed E-state index contributed by atoms with van der Waals surface area (Å²) in [6.45, 7) is 8.80. The number of hydrogen-bond acceptors (Lipinski definition) is 14. The van der Waals surface area contributed by atoms with Crippen LogP contribution in [0.15, 0.2) is 109 Å². The zero-order valence-corrected chi connectivity index (χ0v) is 50.7. The van der Waals surface area contributed by atoms with Crippen LogP contribution in [0.5, 0.6) is 0 Å². The lowest BCUT2D eigenvalue weighted by molar-refractivity contribution is 0.0490. The van der Waals surface area contributed by atoms with Crippen molar-refractivity contribution in [2.45, 2.75) is 54.8 Å². The van der Waals surface area contributed by atoms with Crippen molar-refractivity contribution in [3.8, 4) is 55.6 Å². The summed E-state index contributed by atoms with van der Waals surface area (Å²) >= 11 is 0. The molecule has 14 nitrogen and oxygen atoms in total. The molecule has 0 fully saturated rings. The highest BCUT2D eigenvalue weighted by Crippen LogP contribution is 2.58. The van der Waals surface area contributed by atoms with Crippen LogP contribution in [-0.4, -0.2) is 174 Å². The molecular formula is C71H86O14. The molecule has 6 aromatic rings. The minimum Gasteiger partial charge on any atom is -0.382 e. The zero-order valence-electron chi connectivity index (χ0n) is 50.7. The molecule has 0 N–H and O–H groups in total. The van der Waals surface area contributed by atoms with Gasteiger partial charge in [-0.2, -0.15) is 0 Å². The molecule has 6 aromatic carbocycles. The van der Waals surface area contributed by atoms with Crippen molar-refractivity contribution in [1.29, 1.82) is 0 Å². The molecule has 454 valence electrons. The number of carbonyl (C=O) groups is 2. The lowest BCUT2D eigenvalue weighted by atomic mass is 9.71. The maximum absolute atomic E-state index is 12.4. The van der Waals surface area contributed by atoms with Gasteiger partial charge < -0.3 is 56.8 Å². The third-order valence-electron chi connectivity index (χ3n) is 17.7. The predicted octanol–water partition coefficient (Wildman–Crippen LogP) is 11.8. The second kappa shape index (κ2) is 31.2. The lowest BCUT2D eigenvalue weighted by Gasteiger charge is -2.34. The highest BCUT2D eigenvalue weighted by molar-refractivity contribution is 5.91. The molecule has 0 bridgehead atoms. The van der Waals surface area contributed by atoms with Gasteiger partial charge in [-0.25, -0.2) is 0 Å². The van der Waals surface area contributed by atoms with Crippen molar-refractivity contribution in [3.05, 3.63) is 154 Å². The smallest absolute Gasteiger partial charge is 0.150 e. The number of fused-ring (bicyclic) bond motifs is 9. The first-order valence-electron chi connectivity index (χ1n) is 30.0. The van der Waals surface area contributed by atoms with Gasteiger partial charge in [0.1, 0.15) is 12.6 Å². The third-order valence-corrected chi connectivity index (χ3v) is 17.7. The van der Waals surface area contributed by atoms with Gasteiger partial charge in [0.2, 0.25) is 0 Å². The topological polar surface area (TPSA) is 145 Å². The maximum Gasteiger partial charge on any atom is 0.150 e. The Labute approximate surface area is 502 Å². The monoisotopic (exact) mass is 1160 g/mol. The summed E-state index contributed by atoms with van der Waals surface area (Å²) in [6, 6.07) is 39.8. The van der Waals surface area contributed by atoms with Crippen molar-refractivity contribution in [3.63, 3.8) is 0 Å². The van der Waals surface area contributed by atoms with E-state index in [1.807, 2.05) is 12.1 Å². The summed E-state index contributed by atoms with van der Waals surface area (Å²) in [5.74, 6) is 0. The summed E-state index contributed by atoms with van der Waals surface area (Å²) in [5.41, 5.74) is 18.0. The molecule has 3 aliphatic rings. The van der Waals surface area contributed by atoms with Crippen LogP contribution in [0.1, 0.15) is 92.6 Å². The molecule has 0 spiro atoms. The van der Waals surface area contributed by atoms with E-state index in [4.69, 9.17) is 56.8 Å². The largest absolute Gasteiger partial charge is 0.382 e. The summed E-state index contributed by atoms with van der Waals surface area (Å²) in [4.78, 5) is 24.9. The van der Waals surface area contributed by atoms with E-state index in [0.717, 1.165) is 68.2 Å². The Balaban J connectivity index is 1.16. The number of aldehydes is 2. The van der Waals surface area contributed by atoms with Gasteiger partial charge in [0.15, 0.2) is 0 Å². The zero-order chi connectivity index (χ0) is 59.5. The molecule has 3 aliphatic carbocycles. The van der Waals surface area contributed by atoms with Crippen LogP contribution >= 0.6 is 0 Å². The van der Waals surface area contributed by atoms with Crippen LogP contribution in [0.2, 0.25) is 0 Å². The molecule has 14 heteroatoms. The van der Waals surface area contributed by atoms with Gasteiger partial charge in [-0.15, -0.1) is 0 Å². The summed E-state index contributed by atoms with van der Waals surface area (Å²) in [7, 11) is 10.1. The lowest BCUT2D eigenvalue weighted by Crippen LogP contribution is -2.30. The first-order valence-corrected chi connectivity index (χ1v) is 30.0. The Morgan fingerprint density at radius 1 is 0.259 bits per heavy atom. The first-order chi connectivity index (χ1) is 41.8. The van der Waals surface area contributed by atoms with Gasteiger partial charge in [0, 0.05) is 110 Å². The molecule has 0 aromatic heterocycles. The molecule has 0 unspecified atom stereocenters. The van der Waals surface area contributed by atoms with Crippen molar-refractivity contribution in [2.75, 3.05) is 162 Å². The van der Waals surface area contributed by atoms with Crippen LogP contribution in [0, 0.1) is 0 Å². The maximum atomic E-state index is 12.4. The van der Waals surface area contributed by atoms with Gasteiger partial charge in [0.05, 0.1) is 79.3 Å². The second-order valence-corrected chi connectivity index (χ2v) is 22.3. The van der Waals surface area contributed by atoms with Crippen LogP contribution in [-0.2, 0) is 73.1 Å². The van der Waals surface area contributed by atoms with E-state index in [9.17, 15) is 9.59 Å². The molecule has 0 radical (unpaired) electrons. The van der Waals surface area contributed by atoms with Crippen LogP contribution < -0.4 is 0 Å². The number of ether oxygens (including phenoxy) is 12. The number of methoxy groups -OCH3 is 6. The molecule has 9 rings (SSSR count). The molecule has 85 heavy (non-hydrogen) atoms. The molecule has 0 amide bonds. The SMILES string of the molecule is COCCOCCC1(CCOCCOC)c2cc(C=O)ccc2-c2ccc(-c3ccc4c(c3)C(CCOCCOC)(CCOCCOC)c3cc(-c5ccc6c(c5)C(CCOCCOC)(CCOCCOC)c5cc(C=O)ccc5-6)ccc3-4)cc21. The fourth-order valence-electron chi connectivity index (χ4n) is 13.3. The molecule has 0 heterocycles. The molecule has 0 saturated heterocycles. The Morgan fingerprint density at radius 2 is 0.459 bits per heavy atom. The van der Waals surface area contributed by atoms with E-state index >= 15 is 0 Å². The van der Waals surface area contributed by atoms with E-state index in [-0.39, 0.29) is 0 Å². The van der Waals surface area contributed by atoms with E-state index in [1.165, 1.54) is 33.4 Å². The highest BCUT2D eigenvalue weighted by Gasteiger charge is 2.47. The Bertz CT molecular complexity index is 2910. The van der Waals surface area contributed by atoms with Gasteiger partial charge in [-0.1, -0.05) is 72.8 Å². The first kappa shape index (κ1) is 63.7. The van der Waals surface area contributed by atoms with Gasteiger partial charge in [-0.05, 0) is 164 Å². The van der Waals surface area contributed by atoms with Gasteiger partial charge in [-0.3, -0.25) is 9.59 Å². The average Bonchev–Trinajstić information content (AvgIpc) is 1.63. The Kier molecular flexibility index (Phi) is 23.4. The predicted molar refractivity (Wildman–Crippen MR) is 331 cm³/mol. The van der Waals surface area contributed by atoms with E-state index < -0.39 is 16.2 Å². The molecule has 0 atom stereocenters. The standard InChI is InChI=1S/C71H86O14/c1-74-31-37-80-25-19-69(20-26-81-38-32-75-2)63-43-51(49-72)7-13-57(63)59-15-9-53(45-65(59)69)55-11-17-61-62-18-12-56(48-68(62)71(67(61)47-55,23-29-84-41-35-78-5)24-30-85-42-36-79-6)54-10-16-60-58-14-8-52(50-73)44-64(58)70(66(60)46-54,21-27-82-39-33-76-3)22-28-83-40-34-77-4/h7-18,43-50H,19-42H2,1-6H3. The van der Waals surface area contributed by atoms with Crippen molar-refractivity contribution in [1.82, 2.24) is 0 Å². The number of benzene rings is 6. The van der Waals surface area contributed by atoms with Crippen molar-refractivity contribution in [2.24, 2.45) is 0 Å². The third kappa shape index (κ3) is 14.0. The number of carbonyl (C=O) groups excluding carboxylic acids is 2. The van der Waals surface area contributed by atoms with Crippen LogP contribution in [0.25, 0.3) is 55.6 Å². The molecule has 0 saturated carbocycles. The number of hydrogen-bond donors (Lipinski definition) is 0. The second-order valence-electron chi connectivity index (χ2n) is 22.3. The van der Waals surface area contributed by atoms with Crippen LogP contribution in [0.3, 0.4) is 0 Å². The normalized spacial score (nSPS) is 14.4. The van der Waals surface area contributed by atoms with Gasteiger partial charge >= 0.3 is 0 Å². The van der Waals surface area contributed by atoms with Crippen molar-refractivity contribution < 1.29 is 66.4 Å². The van der Waals surface area contributed by atoms with E-state index in [1.54, 1.807) is 42.7 Å². The summed E-state index contributed by atoms with van der Waals surface area (Å²) < 4.78 is 70.1. The molecule has 0 aliphatic heterocycles. The van der Waals surface area contributed by atoms with E-state index in [2.05, 4.69) is 97.1 Å². The van der Waals surface area contributed by atoms with Crippen LogP contribution in [0.4, 0.5) is 0 Å². The minimum atomic E-state index is -0.529. The fraction of sp³-hybridized carbons (Fsp3) is 0.465. The molecular weight excluding hydrogens is 1080 g/mol. The van der Waals surface area contributed by atoms with E-state index in [0.29, 0.717) is 169 Å². The fourth-order valence-corrected chi connectivity index (χ4v) is 13.3. The van der Waals surface area contributed by atoms with Gasteiger partial charge in [0.25, 0.3) is 0 Å². The highest BCUT2D eigenvalue weighted by atomic mass is 16.5. The Morgan fingerprint density at radius 3 is 0.659 bits per heavy atom. The summed E-state index contributed by atoms with van der Waals surface area (Å²) in [6.07, 6.45) is 5.97. The average molecular weight is 1160 g/mol.